The Labute approximate surface area is 136 Å². The van der Waals surface area contributed by atoms with Gasteiger partial charge in [-0.25, -0.2) is 0 Å². The van der Waals surface area contributed by atoms with E-state index in [9.17, 15) is 0 Å². The predicted molar refractivity (Wildman–Crippen MR) is 92.3 cm³/mol. The lowest BCUT2D eigenvalue weighted by molar-refractivity contribution is 0.415. The summed E-state index contributed by atoms with van der Waals surface area (Å²) in [5.74, 6) is 1.73. The fraction of sp³-hybridized carbons (Fsp3) is 0.333. The van der Waals surface area contributed by atoms with Crippen molar-refractivity contribution in [2.75, 3.05) is 18.6 Å². The molecule has 3 rings (SSSR count). The Morgan fingerprint density at radius 2 is 2.04 bits per heavy atom. The molecule has 0 spiro atoms. The molecule has 1 aliphatic rings. The monoisotopic (exact) mass is 310 g/mol. The Hall–Kier alpha value is -2.56. The number of aromatic nitrogens is 2. The van der Waals surface area contributed by atoms with Crippen LogP contribution in [0.15, 0.2) is 36.5 Å². The van der Waals surface area contributed by atoms with Crippen molar-refractivity contribution in [2.45, 2.75) is 25.8 Å². The lowest BCUT2D eigenvalue weighted by Crippen LogP contribution is -2.29. The SMILES string of the molecule is CCN(c1ccn(/C=C/c2ccc(OC)cc2)c(=N)n1)C1CC1. The van der Waals surface area contributed by atoms with Crippen LogP contribution in [0.2, 0.25) is 0 Å². The van der Waals surface area contributed by atoms with E-state index in [2.05, 4.69) is 16.8 Å². The third-order valence-corrected chi connectivity index (χ3v) is 4.02. The standard InChI is InChI=1S/C18H22N4O/c1-3-22(15-6-7-15)17-11-13-21(18(19)20-17)12-10-14-4-8-16(23-2)9-5-14/h4-5,8-13,15,19H,3,6-7H2,1-2H3/b12-10+,19-18?. The van der Waals surface area contributed by atoms with E-state index in [1.165, 1.54) is 12.8 Å². The van der Waals surface area contributed by atoms with Crippen molar-refractivity contribution in [1.82, 2.24) is 9.55 Å². The largest absolute Gasteiger partial charge is 0.497 e. The molecule has 5 heteroatoms. The van der Waals surface area contributed by atoms with Gasteiger partial charge in [0.25, 0.3) is 0 Å². The van der Waals surface area contributed by atoms with Crippen molar-refractivity contribution >= 4 is 18.1 Å². The van der Waals surface area contributed by atoms with Crippen molar-refractivity contribution in [1.29, 1.82) is 5.41 Å². The summed E-state index contributed by atoms with van der Waals surface area (Å²) in [6.07, 6.45) is 8.17. The molecule has 1 aliphatic carbocycles. The van der Waals surface area contributed by atoms with Crippen molar-refractivity contribution in [2.24, 2.45) is 0 Å². The molecule has 1 fully saturated rings. The third kappa shape index (κ3) is 3.62. The van der Waals surface area contributed by atoms with Crippen LogP contribution in [0.3, 0.4) is 0 Å². The lowest BCUT2D eigenvalue weighted by atomic mass is 10.2. The maximum atomic E-state index is 8.13. The number of anilines is 1. The minimum atomic E-state index is 0.242. The van der Waals surface area contributed by atoms with Crippen LogP contribution < -0.4 is 15.3 Å². The molecule has 120 valence electrons. The highest BCUT2D eigenvalue weighted by molar-refractivity contribution is 5.61. The van der Waals surface area contributed by atoms with Crippen LogP contribution in [0.1, 0.15) is 25.3 Å². The molecule has 0 amide bonds. The Morgan fingerprint density at radius 1 is 1.30 bits per heavy atom. The minimum absolute atomic E-state index is 0.242. The number of ether oxygens (including phenoxy) is 1. The molecule has 1 aromatic heterocycles. The van der Waals surface area contributed by atoms with Gasteiger partial charge in [-0.15, -0.1) is 0 Å². The normalized spacial score (nSPS) is 14.2. The highest BCUT2D eigenvalue weighted by Crippen LogP contribution is 2.29. The van der Waals surface area contributed by atoms with E-state index in [-0.39, 0.29) is 5.62 Å². The quantitative estimate of drug-likeness (QED) is 0.892. The molecule has 23 heavy (non-hydrogen) atoms. The number of hydrogen-bond acceptors (Lipinski definition) is 4. The van der Waals surface area contributed by atoms with Gasteiger partial charge in [0.2, 0.25) is 5.62 Å². The average Bonchev–Trinajstić information content (AvgIpc) is 3.40. The number of nitrogens with zero attached hydrogens (tertiary/aromatic N) is 3. The first-order valence-electron chi connectivity index (χ1n) is 7.94. The second-order valence-corrected chi connectivity index (χ2v) is 5.62. The van der Waals surface area contributed by atoms with E-state index in [0.717, 1.165) is 23.7 Å². The fourth-order valence-corrected chi connectivity index (χ4v) is 2.58. The number of methoxy groups -OCH3 is 1. The predicted octanol–water partition coefficient (Wildman–Crippen LogP) is 2.99. The lowest BCUT2D eigenvalue weighted by Gasteiger charge is -2.21. The summed E-state index contributed by atoms with van der Waals surface area (Å²) in [7, 11) is 1.65. The van der Waals surface area contributed by atoms with Crippen LogP contribution in [-0.4, -0.2) is 29.2 Å². The van der Waals surface area contributed by atoms with Gasteiger partial charge in [-0.2, -0.15) is 4.98 Å². The van der Waals surface area contributed by atoms with Crippen LogP contribution in [0.25, 0.3) is 12.3 Å². The first-order valence-corrected chi connectivity index (χ1v) is 7.94. The Kier molecular flexibility index (Phi) is 4.46. The third-order valence-electron chi connectivity index (χ3n) is 4.02. The van der Waals surface area contributed by atoms with Crippen molar-refractivity contribution in [3.63, 3.8) is 0 Å². The molecule has 1 aromatic carbocycles. The van der Waals surface area contributed by atoms with E-state index >= 15 is 0 Å². The average molecular weight is 310 g/mol. The van der Waals surface area contributed by atoms with Gasteiger partial charge in [0.05, 0.1) is 7.11 Å². The zero-order valence-corrected chi connectivity index (χ0v) is 13.6. The van der Waals surface area contributed by atoms with Gasteiger partial charge in [-0.3, -0.25) is 9.98 Å². The highest BCUT2D eigenvalue weighted by atomic mass is 16.5. The summed E-state index contributed by atoms with van der Waals surface area (Å²) in [5, 5.41) is 8.13. The fourth-order valence-electron chi connectivity index (χ4n) is 2.58. The van der Waals surface area contributed by atoms with Crippen LogP contribution in [0.4, 0.5) is 5.82 Å². The minimum Gasteiger partial charge on any atom is -0.497 e. The van der Waals surface area contributed by atoms with Gasteiger partial charge >= 0.3 is 0 Å². The Bertz CT molecular complexity index is 744. The van der Waals surface area contributed by atoms with Crippen molar-refractivity contribution in [3.8, 4) is 5.75 Å². The van der Waals surface area contributed by atoms with Crippen molar-refractivity contribution in [3.05, 3.63) is 47.7 Å². The number of rotatable bonds is 6. The summed E-state index contributed by atoms with van der Waals surface area (Å²) in [5.41, 5.74) is 1.29. The molecule has 0 aliphatic heterocycles. The maximum absolute atomic E-state index is 8.13. The molecule has 0 radical (unpaired) electrons. The summed E-state index contributed by atoms with van der Waals surface area (Å²) in [4.78, 5) is 6.70. The topological polar surface area (TPSA) is 54.1 Å². The zero-order valence-electron chi connectivity index (χ0n) is 13.6. The molecule has 0 saturated heterocycles. The van der Waals surface area contributed by atoms with E-state index < -0.39 is 0 Å². The van der Waals surface area contributed by atoms with E-state index in [0.29, 0.717) is 6.04 Å². The molecular weight excluding hydrogens is 288 g/mol. The van der Waals surface area contributed by atoms with E-state index in [1.54, 1.807) is 11.7 Å². The van der Waals surface area contributed by atoms with Crippen LogP contribution in [0, 0.1) is 5.41 Å². The maximum Gasteiger partial charge on any atom is 0.228 e. The molecule has 0 bridgehead atoms. The van der Waals surface area contributed by atoms with Crippen LogP contribution in [-0.2, 0) is 0 Å². The molecule has 2 aromatic rings. The first kappa shape index (κ1) is 15.3. The summed E-state index contributed by atoms with van der Waals surface area (Å²) < 4.78 is 6.86. The van der Waals surface area contributed by atoms with Gasteiger partial charge in [0.15, 0.2) is 0 Å². The van der Waals surface area contributed by atoms with Gasteiger partial charge in [0.1, 0.15) is 11.6 Å². The molecule has 1 saturated carbocycles. The second kappa shape index (κ2) is 6.69. The van der Waals surface area contributed by atoms with Gasteiger partial charge in [0, 0.05) is 25.0 Å². The summed E-state index contributed by atoms with van der Waals surface area (Å²) >= 11 is 0. The first-order chi connectivity index (χ1) is 11.2. The van der Waals surface area contributed by atoms with E-state index in [1.807, 2.05) is 48.8 Å². The Balaban J connectivity index is 1.77. The number of benzene rings is 1. The van der Waals surface area contributed by atoms with E-state index in [4.69, 9.17) is 10.1 Å². The number of nitrogens with one attached hydrogen (secondary N) is 1. The summed E-state index contributed by atoms with van der Waals surface area (Å²) in [6.45, 7) is 3.07. The Morgan fingerprint density at radius 3 is 2.61 bits per heavy atom. The second-order valence-electron chi connectivity index (χ2n) is 5.62. The summed E-state index contributed by atoms with van der Waals surface area (Å²) in [6, 6.07) is 10.4. The molecule has 1 heterocycles. The van der Waals surface area contributed by atoms with Crippen LogP contribution >= 0.6 is 0 Å². The smallest absolute Gasteiger partial charge is 0.228 e. The molecular formula is C18H22N4O. The molecule has 0 atom stereocenters. The van der Waals surface area contributed by atoms with Gasteiger partial charge < -0.3 is 9.64 Å². The molecule has 0 unspecified atom stereocenters. The van der Waals surface area contributed by atoms with Crippen molar-refractivity contribution < 1.29 is 4.74 Å². The zero-order chi connectivity index (χ0) is 16.2. The molecule has 5 nitrogen and oxygen atoms in total. The van der Waals surface area contributed by atoms with Crippen LogP contribution in [0.5, 0.6) is 5.75 Å². The van der Waals surface area contributed by atoms with Gasteiger partial charge in [-0.05, 0) is 49.6 Å². The highest BCUT2D eigenvalue weighted by Gasteiger charge is 2.28. The van der Waals surface area contributed by atoms with Gasteiger partial charge in [-0.1, -0.05) is 12.1 Å². The number of hydrogen-bond donors (Lipinski definition) is 1. The molecule has 1 N–H and O–H groups in total.